The Kier molecular flexibility index (Phi) is 5.01. The molecule has 1 heterocycles. The predicted molar refractivity (Wildman–Crippen MR) is 83.3 cm³/mol. The molecule has 1 amide bonds. The lowest BCUT2D eigenvalue weighted by molar-refractivity contribution is 0.0827. The van der Waals surface area contributed by atoms with Crippen molar-refractivity contribution in [3.05, 3.63) is 29.3 Å². The largest absolute Gasteiger partial charge is 0.384 e. The number of hydrogen-bond donors (Lipinski definition) is 2. The standard InChI is InChI=1S/C16H25N3O/c1-12-6-7-14(16(20)19(2)3)9-15(12)18-11-13-5-4-8-17-10-13/h6-7,9,13,17-18H,4-5,8,10-11H2,1-3H3. The number of nitrogens with zero attached hydrogens (tertiary/aromatic N) is 1. The van der Waals surface area contributed by atoms with Crippen molar-refractivity contribution >= 4 is 11.6 Å². The van der Waals surface area contributed by atoms with Gasteiger partial charge in [-0.1, -0.05) is 6.07 Å². The number of nitrogens with one attached hydrogen (secondary N) is 2. The summed E-state index contributed by atoms with van der Waals surface area (Å²) in [6.07, 6.45) is 2.53. The van der Waals surface area contributed by atoms with Crippen molar-refractivity contribution in [3.8, 4) is 0 Å². The van der Waals surface area contributed by atoms with Crippen molar-refractivity contribution in [2.45, 2.75) is 19.8 Å². The minimum Gasteiger partial charge on any atom is -0.384 e. The highest BCUT2D eigenvalue weighted by Gasteiger charge is 2.14. The third kappa shape index (κ3) is 3.73. The Balaban J connectivity index is 2.02. The van der Waals surface area contributed by atoms with E-state index in [0.717, 1.165) is 30.9 Å². The number of amides is 1. The first-order valence-corrected chi connectivity index (χ1v) is 7.35. The van der Waals surface area contributed by atoms with Crippen LogP contribution in [0.1, 0.15) is 28.8 Å². The van der Waals surface area contributed by atoms with Gasteiger partial charge in [0.05, 0.1) is 0 Å². The molecule has 1 fully saturated rings. The van der Waals surface area contributed by atoms with Crippen molar-refractivity contribution in [3.63, 3.8) is 0 Å². The van der Waals surface area contributed by atoms with E-state index in [2.05, 4.69) is 17.6 Å². The van der Waals surface area contributed by atoms with Gasteiger partial charge in [-0.15, -0.1) is 0 Å². The smallest absolute Gasteiger partial charge is 0.253 e. The van der Waals surface area contributed by atoms with Crippen LogP contribution >= 0.6 is 0 Å². The van der Waals surface area contributed by atoms with Crippen LogP contribution in [0.5, 0.6) is 0 Å². The lowest BCUT2D eigenvalue weighted by atomic mass is 9.99. The van der Waals surface area contributed by atoms with Gasteiger partial charge in [-0.25, -0.2) is 0 Å². The monoisotopic (exact) mass is 275 g/mol. The second-order valence-electron chi connectivity index (χ2n) is 5.82. The van der Waals surface area contributed by atoms with E-state index in [1.165, 1.54) is 18.4 Å². The van der Waals surface area contributed by atoms with Crippen LogP contribution in [0.2, 0.25) is 0 Å². The van der Waals surface area contributed by atoms with Crippen LogP contribution in [0.4, 0.5) is 5.69 Å². The van der Waals surface area contributed by atoms with Gasteiger partial charge < -0.3 is 15.5 Å². The summed E-state index contributed by atoms with van der Waals surface area (Å²) in [5.41, 5.74) is 3.00. The van der Waals surface area contributed by atoms with Crippen molar-refractivity contribution in [1.82, 2.24) is 10.2 Å². The molecule has 1 unspecified atom stereocenters. The summed E-state index contributed by atoms with van der Waals surface area (Å²) in [6.45, 7) is 5.27. The highest BCUT2D eigenvalue weighted by Crippen LogP contribution is 2.19. The molecule has 0 bridgehead atoms. The SMILES string of the molecule is Cc1ccc(C(=O)N(C)C)cc1NCC1CCCNC1. The van der Waals surface area contributed by atoms with Crippen molar-refractivity contribution in [2.75, 3.05) is 39.0 Å². The first-order valence-electron chi connectivity index (χ1n) is 7.35. The van der Waals surface area contributed by atoms with Crippen LogP contribution in [0, 0.1) is 12.8 Å². The molecule has 110 valence electrons. The molecule has 1 aliphatic rings. The zero-order valence-electron chi connectivity index (χ0n) is 12.7. The van der Waals surface area contributed by atoms with E-state index in [0.29, 0.717) is 5.92 Å². The second kappa shape index (κ2) is 6.75. The number of hydrogen-bond acceptors (Lipinski definition) is 3. The highest BCUT2D eigenvalue weighted by atomic mass is 16.2. The number of carbonyl (C=O) groups is 1. The van der Waals surface area contributed by atoms with E-state index in [1.54, 1.807) is 19.0 Å². The fraction of sp³-hybridized carbons (Fsp3) is 0.562. The maximum atomic E-state index is 12.0. The van der Waals surface area contributed by atoms with Gasteiger partial charge in [-0.3, -0.25) is 4.79 Å². The molecule has 2 N–H and O–H groups in total. The molecular weight excluding hydrogens is 250 g/mol. The van der Waals surface area contributed by atoms with Crippen molar-refractivity contribution in [1.29, 1.82) is 0 Å². The fourth-order valence-electron chi connectivity index (χ4n) is 2.56. The summed E-state index contributed by atoms with van der Waals surface area (Å²) in [5.74, 6) is 0.726. The van der Waals surface area contributed by atoms with Gasteiger partial charge in [-0.2, -0.15) is 0 Å². The molecule has 1 saturated heterocycles. The van der Waals surface area contributed by atoms with Gasteiger partial charge in [0, 0.05) is 31.9 Å². The van der Waals surface area contributed by atoms with Gasteiger partial charge >= 0.3 is 0 Å². The Labute approximate surface area is 121 Å². The number of anilines is 1. The normalized spacial score (nSPS) is 18.6. The summed E-state index contributed by atoms with van der Waals surface area (Å²) in [7, 11) is 3.56. The molecule has 4 heteroatoms. The van der Waals surface area contributed by atoms with E-state index >= 15 is 0 Å². The summed E-state index contributed by atoms with van der Waals surface area (Å²) in [5, 5.41) is 6.94. The van der Waals surface area contributed by atoms with Gasteiger partial charge in [-0.05, 0) is 56.5 Å². The quantitative estimate of drug-likeness (QED) is 0.884. The van der Waals surface area contributed by atoms with Crippen LogP contribution in [0.25, 0.3) is 0 Å². The zero-order valence-corrected chi connectivity index (χ0v) is 12.7. The molecule has 0 spiro atoms. The van der Waals surface area contributed by atoms with E-state index in [4.69, 9.17) is 0 Å². The molecule has 0 saturated carbocycles. The molecule has 1 aromatic rings. The molecule has 2 rings (SSSR count). The first kappa shape index (κ1) is 14.9. The zero-order chi connectivity index (χ0) is 14.5. The van der Waals surface area contributed by atoms with Crippen LogP contribution in [-0.4, -0.2) is 44.5 Å². The summed E-state index contributed by atoms with van der Waals surface area (Å²) in [6, 6.07) is 5.87. The lowest BCUT2D eigenvalue weighted by Gasteiger charge is -2.24. The molecule has 20 heavy (non-hydrogen) atoms. The molecule has 1 aliphatic heterocycles. The predicted octanol–water partition coefficient (Wildman–Crippen LogP) is 2.11. The Hall–Kier alpha value is -1.55. The number of rotatable bonds is 4. The third-order valence-electron chi connectivity index (χ3n) is 3.87. The molecule has 1 aromatic carbocycles. The average molecular weight is 275 g/mol. The maximum absolute atomic E-state index is 12.0. The van der Waals surface area contributed by atoms with Gasteiger partial charge in [0.1, 0.15) is 0 Å². The number of piperidine rings is 1. The topological polar surface area (TPSA) is 44.4 Å². The van der Waals surface area contributed by atoms with Gasteiger partial charge in [0.15, 0.2) is 0 Å². The minimum absolute atomic E-state index is 0.0485. The number of aryl methyl sites for hydroxylation is 1. The Morgan fingerprint density at radius 2 is 2.25 bits per heavy atom. The third-order valence-corrected chi connectivity index (χ3v) is 3.87. The summed E-state index contributed by atoms with van der Waals surface area (Å²) >= 11 is 0. The Bertz CT molecular complexity index is 465. The average Bonchev–Trinajstić information content (AvgIpc) is 2.46. The molecule has 4 nitrogen and oxygen atoms in total. The van der Waals surface area contributed by atoms with Gasteiger partial charge in [0.2, 0.25) is 0 Å². The summed E-state index contributed by atoms with van der Waals surface area (Å²) < 4.78 is 0. The Morgan fingerprint density at radius 1 is 1.45 bits per heavy atom. The van der Waals surface area contributed by atoms with E-state index in [1.807, 2.05) is 18.2 Å². The maximum Gasteiger partial charge on any atom is 0.253 e. The van der Waals surface area contributed by atoms with E-state index in [9.17, 15) is 4.79 Å². The molecule has 0 radical (unpaired) electrons. The molecule has 1 atom stereocenters. The summed E-state index contributed by atoms with van der Waals surface area (Å²) in [4.78, 5) is 13.6. The van der Waals surface area contributed by atoms with Gasteiger partial charge in [0.25, 0.3) is 5.91 Å². The second-order valence-corrected chi connectivity index (χ2v) is 5.82. The molecular formula is C16H25N3O. The Morgan fingerprint density at radius 3 is 2.90 bits per heavy atom. The van der Waals surface area contributed by atoms with Crippen LogP contribution in [-0.2, 0) is 0 Å². The minimum atomic E-state index is 0.0485. The van der Waals surface area contributed by atoms with Crippen LogP contribution in [0.15, 0.2) is 18.2 Å². The molecule has 0 aromatic heterocycles. The number of benzene rings is 1. The molecule has 0 aliphatic carbocycles. The highest BCUT2D eigenvalue weighted by molar-refractivity contribution is 5.95. The lowest BCUT2D eigenvalue weighted by Crippen LogP contribution is -2.33. The van der Waals surface area contributed by atoms with Crippen LogP contribution < -0.4 is 10.6 Å². The number of carbonyl (C=O) groups excluding carboxylic acids is 1. The van der Waals surface area contributed by atoms with E-state index < -0.39 is 0 Å². The van der Waals surface area contributed by atoms with Crippen LogP contribution in [0.3, 0.4) is 0 Å². The van der Waals surface area contributed by atoms with Crippen molar-refractivity contribution in [2.24, 2.45) is 5.92 Å². The fourth-order valence-corrected chi connectivity index (χ4v) is 2.56. The first-order chi connectivity index (χ1) is 9.58. The van der Waals surface area contributed by atoms with E-state index in [-0.39, 0.29) is 5.91 Å². The van der Waals surface area contributed by atoms with Crippen molar-refractivity contribution < 1.29 is 4.79 Å².